The molecule has 0 spiro atoms. The number of fused-ring (bicyclic) bond motifs is 1. The second kappa shape index (κ2) is 5.56. The normalized spacial score (nSPS) is 10.8. The highest BCUT2D eigenvalue weighted by atomic mass is 16.5. The summed E-state index contributed by atoms with van der Waals surface area (Å²) < 4.78 is 8.77. The molecule has 0 aliphatic carbocycles. The van der Waals surface area contributed by atoms with Gasteiger partial charge in [0.25, 0.3) is 0 Å². The lowest BCUT2D eigenvalue weighted by atomic mass is 10.1. The van der Waals surface area contributed by atoms with Gasteiger partial charge in [0.2, 0.25) is 0 Å². The van der Waals surface area contributed by atoms with Crippen LogP contribution < -0.4 is 10.4 Å². The van der Waals surface area contributed by atoms with Crippen LogP contribution in [0.25, 0.3) is 16.6 Å². The molecule has 0 aliphatic rings. The predicted molar refractivity (Wildman–Crippen MR) is 89.2 cm³/mol. The number of hydrogen-bond donors (Lipinski definition) is 0. The van der Waals surface area contributed by atoms with Gasteiger partial charge >= 0.3 is 5.69 Å². The van der Waals surface area contributed by atoms with Gasteiger partial charge < -0.3 is 4.74 Å². The van der Waals surface area contributed by atoms with Crippen molar-refractivity contribution in [1.82, 2.24) is 9.13 Å². The topological polar surface area (TPSA) is 36.2 Å². The Labute approximate surface area is 128 Å². The van der Waals surface area contributed by atoms with Crippen LogP contribution in [0.2, 0.25) is 0 Å². The van der Waals surface area contributed by atoms with Crippen molar-refractivity contribution >= 4 is 16.6 Å². The third-order valence-corrected chi connectivity index (χ3v) is 3.89. The number of allylic oxidation sites excluding steroid dienone is 1. The fraction of sp³-hybridized carbons (Fsp3) is 0.167. The van der Waals surface area contributed by atoms with Crippen molar-refractivity contribution in [1.29, 1.82) is 0 Å². The minimum Gasteiger partial charge on any atom is -0.496 e. The Balaban J connectivity index is 2.05. The molecule has 0 unspecified atom stereocenters. The summed E-state index contributed by atoms with van der Waals surface area (Å²) >= 11 is 0. The fourth-order valence-electron chi connectivity index (χ4n) is 2.73. The molecule has 112 valence electrons. The van der Waals surface area contributed by atoms with E-state index < -0.39 is 0 Å². The Bertz CT molecular complexity index is 903. The zero-order chi connectivity index (χ0) is 15.7. The summed E-state index contributed by atoms with van der Waals surface area (Å²) in [6.07, 6.45) is 0. The molecule has 22 heavy (non-hydrogen) atoms. The number of nitrogens with zero attached hydrogens (tertiary/aromatic N) is 2. The average Bonchev–Trinajstić information content (AvgIpc) is 2.80. The summed E-state index contributed by atoms with van der Waals surface area (Å²) in [5.41, 5.74) is 3.55. The summed E-state index contributed by atoms with van der Waals surface area (Å²) in [5, 5.41) is 0. The van der Waals surface area contributed by atoms with Crippen molar-refractivity contribution in [2.45, 2.75) is 6.54 Å². The molecule has 0 radical (unpaired) electrons. The number of ether oxygens (including phenoxy) is 1. The molecule has 1 aromatic heterocycles. The van der Waals surface area contributed by atoms with Crippen molar-refractivity contribution < 1.29 is 4.74 Å². The number of hydrogen-bond acceptors (Lipinski definition) is 2. The monoisotopic (exact) mass is 294 g/mol. The Morgan fingerprint density at radius 2 is 1.73 bits per heavy atom. The van der Waals surface area contributed by atoms with Crippen LogP contribution in [-0.2, 0) is 13.6 Å². The first-order chi connectivity index (χ1) is 10.6. The molecule has 3 aromatic rings. The van der Waals surface area contributed by atoms with Crippen LogP contribution in [0, 0.1) is 0 Å². The summed E-state index contributed by atoms with van der Waals surface area (Å²) in [4.78, 5) is 12.5. The number of imidazole rings is 1. The first-order valence-electron chi connectivity index (χ1n) is 7.09. The Morgan fingerprint density at radius 3 is 2.45 bits per heavy atom. The van der Waals surface area contributed by atoms with Gasteiger partial charge in [-0.15, -0.1) is 0 Å². The molecule has 0 bridgehead atoms. The van der Waals surface area contributed by atoms with Gasteiger partial charge in [0, 0.05) is 12.6 Å². The Kier molecular flexibility index (Phi) is 3.59. The summed E-state index contributed by atoms with van der Waals surface area (Å²) in [7, 11) is 3.42. The molecular weight excluding hydrogens is 276 g/mol. The number of aryl methyl sites for hydroxylation is 1. The van der Waals surface area contributed by atoms with Crippen LogP contribution in [0.1, 0.15) is 5.56 Å². The second-order valence-corrected chi connectivity index (χ2v) is 5.22. The first kappa shape index (κ1) is 14.2. The van der Waals surface area contributed by atoms with Gasteiger partial charge in [-0.25, -0.2) is 4.79 Å². The minimum absolute atomic E-state index is 0.0442. The quantitative estimate of drug-likeness (QED) is 0.741. The molecular formula is C18H18N2O2. The van der Waals surface area contributed by atoms with E-state index >= 15 is 0 Å². The lowest BCUT2D eigenvalue weighted by Gasteiger charge is -2.11. The van der Waals surface area contributed by atoms with Crippen LogP contribution in [0.5, 0.6) is 5.75 Å². The van der Waals surface area contributed by atoms with Crippen molar-refractivity contribution in [3.05, 3.63) is 71.2 Å². The van der Waals surface area contributed by atoms with Gasteiger partial charge in [0.15, 0.2) is 0 Å². The Morgan fingerprint density at radius 1 is 1.09 bits per heavy atom. The SMILES string of the molecule is C=C(Cn1c(=O)n(C)c2ccccc21)c1ccccc1OC. The lowest BCUT2D eigenvalue weighted by molar-refractivity contribution is 0.413. The molecule has 0 aliphatic heterocycles. The fourth-order valence-corrected chi connectivity index (χ4v) is 2.73. The van der Waals surface area contributed by atoms with Crippen molar-refractivity contribution in [3.8, 4) is 5.75 Å². The highest BCUT2D eigenvalue weighted by Gasteiger charge is 2.13. The second-order valence-electron chi connectivity index (χ2n) is 5.22. The number of rotatable bonds is 4. The summed E-state index contributed by atoms with van der Waals surface area (Å²) in [6.45, 7) is 4.57. The van der Waals surface area contributed by atoms with Gasteiger partial charge in [0.05, 0.1) is 24.7 Å². The van der Waals surface area contributed by atoms with Crippen LogP contribution in [0.4, 0.5) is 0 Å². The molecule has 0 amide bonds. The van der Waals surface area contributed by atoms with Gasteiger partial charge in [-0.3, -0.25) is 9.13 Å². The molecule has 0 saturated carbocycles. The molecule has 4 nitrogen and oxygen atoms in total. The van der Waals surface area contributed by atoms with E-state index in [1.807, 2.05) is 48.5 Å². The molecule has 0 N–H and O–H groups in total. The highest BCUT2D eigenvalue weighted by Crippen LogP contribution is 2.26. The highest BCUT2D eigenvalue weighted by molar-refractivity contribution is 5.77. The first-order valence-corrected chi connectivity index (χ1v) is 7.09. The van der Waals surface area contributed by atoms with E-state index in [2.05, 4.69) is 6.58 Å². The Hall–Kier alpha value is -2.75. The molecule has 0 fully saturated rings. The van der Waals surface area contributed by atoms with E-state index in [0.29, 0.717) is 6.54 Å². The number of benzene rings is 2. The van der Waals surface area contributed by atoms with Gasteiger partial charge in [-0.1, -0.05) is 36.9 Å². The smallest absolute Gasteiger partial charge is 0.329 e. The van der Waals surface area contributed by atoms with E-state index in [9.17, 15) is 4.79 Å². The summed E-state index contributed by atoms with van der Waals surface area (Å²) in [6, 6.07) is 15.5. The van der Waals surface area contributed by atoms with E-state index in [4.69, 9.17) is 4.74 Å². The average molecular weight is 294 g/mol. The molecule has 2 aromatic carbocycles. The molecule has 3 rings (SSSR count). The van der Waals surface area contributed by atoms with E-state index in [1.54, 1.807) is 23.3 Å². The van der Waals surface area contributed by atoms with Crippen LogP contribution in [-0.4, -0.2) is 16.2 Å². The zero-order valence-corrected chi connectivity index (χ0v) is 12.7. The third-order valence-electron chi connectivity index (χ3n) is 3.89. The summed E-state index contributed by atoms with van der Waals surface area (Å²) in [5.74, 6) is 0.765. The minimum atomic E-state index is -0.0442. The van der Waals surface area contributed by atoms with Crippen molar-refractivity contribution in [3.63, 3.8) is 0 Å². The van der Waals surface area contributed by atoms with Crippen LogP contribution in [0.3, 0.4) is 0 Å². The zero-order valence-electron chi connectivity index (χ0n) is 12.7. The van der Waals surface area contributed by atoms with E-state index in [1.165, 1.54) is 0 Å². The van der Waals surface area contributed by atoms with Crippen LogP contribution >= 0.6 is 0 Å². The molecule has 4 heteroatoms. The van der Waals surface area contributed by atoms with E-state index in [-0.39, 0.29) is 5.69 Å². The maximum absolute atomic E-state index is 12.5. The van der Waals surface area contributed by atoms with Crippen molar-refractivity contribution in [2.24, 2.45) is 7.05 Å². The van der Waals surface area contributed by atoms with Gasteiger partial charge in [0.1, 0.15) is 5.75 Å². The third kappa shape index (κ3) is 2.22. The lowest BCUT2D eigenvalue weighted by Crippen LogP contribution is -2.22. The molecule has 0 saturated heterocycles. The molecule has 1 heterocycles. The van der Waals surface area contributed by atoms with E-state index in [0.717, 1.165) is 27.9 Å². The van der Waals surface area contributed by atoms with Crippen molar-refractivity contribution in [2.75, 3.05) is 7.11 Å². The predicted octanol–water partition coefficient (Wildman–Crippen LogP) is 3.06. The van der Waals surface area contributed by atoms with Crippen LogP contribution in [0.15, 0.2) is 59.9 Å². The standard InChI is InChI=1S/C18H18N2O2/c1-13(14-8-4-7-11-17(14)22-3)12-20-16-10-6-5-9-15(16)19(2)18(20)21/h4-11H,1,12H2,2-3H3. The number of aromatic nitrogens is 2. The van der Waals surface area contributed by atoms with Gasteiger partial charge in [-0.2, -0.15) is 0 Å². The number of methoxy groups -OCH3 is 1. The van der Waals surface area contributed by atoms with Gasteiger partial charge in [-0.05, 0) is 23.8 Å². The maximum atomic E-state index is 12.5. The molecule has 0 atom stereocenters. The largest absolute Gasteiger partial charge is 0.496 e. The number of para-hydroxylation sites is 3. The maximum Gasteiger partial charge on any atom is 0.329 e.